The van der Waals surface area contributed by atoms with Crippen LogP contribution in [0.25, 0.3) is 0 Å². The van der Waals surface area contributed by atoms with E-state index in [9.17, 15) is 8.42 Å². The second kappa shape index (κ2) is 6.02. The summed E-state index contributed by atoms with van der Waals surface area (Å²) < 4.78 is 27.3. The van der Waals surface area contributed by atoms with Crippen molar-refractivity contribution >= 4 is 21.6 Å². The van der Waals surface area contributed by atoms with Crippen molar-refractivity contribution in [2.24, 2.45) is 5.41 Å². The summed E-state index contributed by atoms with van der Waals surface area (Å²) in [5.41, 5.74) is 1.04. The van der Waals surface area contributed by atoms with Crippen LogP contribution in [-0.4, -0.2) is 21.5 Å². The molecule has 1 fully saturated rings. The minimum Gasteiger partial charge on any atom is -0.313 e. The standard InChI is InChI=1S/C14H21ClN2O2S/c1-3-16-9-11-4-5-12(15)13(8-11)20(18,19)17-10-14(2)6-7-14/h4-5,8,16-17H,3,6-7,9-10H2,1-2H3. The number of halogens is 1. The van der Waals surface area contributed by atoms with E-state index in [1.807, 2.05) is 13.0 Å². The van der Waals surface area contributed by atoms with Gasteiger partial charge in [-0.2, -0.15) is 0 Å². The Balaban J connectivity index is 2.16. The van der Waals surface area contributed by atoms with Gasteiger partial charge in [0.25, 0.3) is 0 Å². The van der Waals surface area contributed by atoms with Crippen LogP contribution in [0.2, 0.25) is 5.02 Å². The molecular formula is C14H21ClN2O2S. The average Bonchev–Trinajstić information content (AvgIpc) is 3.14. The third-order valence-electron chi connectivity index (χ3n) is 3.66. The molecule has 0 aromatic heterocycles. The van der Waals surface area contributed by atoms with Gasteiger partial charge in [-0.1, -0.05) is 31.5 Å². The number of nitrogens with one attached hydrogen (secondary N) is 2. The lowest BCUT2D eigenvalue weighted by molar-refractivity contribution is 0.530. The van der Waals surface area contributed by atoms with Crippen LogP contribution < -0.4 is 10.0 Å². The Bertz CT molecular complexity index is 583. The quantitative estimate of drug-likeness (QED) is 0.812. The normalized spacial score (nSPS) is 17.1. The molecule has 0 saturated heterocycles. The van der Waals surface area contributed by atoms with Gasteiger partial charge in [0, 0.05) is 13.1 Å². The number of rotatable bonds is 7. The van der Waals surface area contributed by atoms with Gasteiger partial charge in [0.05, 0.1) is 5.02 Å². The fraction of sp³-hybridized carbons (Fsp3) is 0.571. The Labute approximate surface area is 126 Å². The minimum absolute atomic E-state index is 0.126. The van der Waals surface area contributed by atoms with Crippen molar-refractivity contribution in [1.29, 1.82) is 0 Å². The summed E-state index contributed by atoms with van der Waals surface area (Å²) in [7, 11) is -3.54. The molecule has 1 aromatic carbocycles. The molecule has 1 aliphatic rings. The van der Waals surface area contributed by atoms with E-state index in [1.165, 1.54) is 0 Å². The number of benzene rings is 1. The maximum Gasteiger partial charge on any atom is 0.242 e. The van der Waals surface area contributed by atoms with Gasteiger partial charge in [0.15, 0.2) is 0 Å². The van der Waals surface area contributed by atoms with E-state index in [0.29, 0.717) is 13.1 Å². The summed E-state index contributed by atoms with van der Waals surface area (Å²) in [6.45, 7) is 6.03. The predicted molar refractivity (Wildman–Crippen MR) is 81.4 cm³/mol. The number of sulfonamides is 1. The van der Waals surface area contributed by atoms with E-state index >= 15 is 0 Å². The summed E-state index contributed by atoms with van der Waals surface area (Å²) in [4.78, 5) is 0.166. The molecule has 0 spiro atoms. The smallest absolute Gasteiger partial charge is 0.242 e. The predicted octanol–water partition coefficient (Wildman–Crippen LogP) is 2.53. The van der Waals surface area contributed by atoms with Crippen molar-refractivity contribution in [3.8, 4) is 0 Å². The van der Waals surface area contributed by atoms with Gasteiger partial charge in [0.1, 0.15) is 4.90 Å². The molecule has 4 nitrogen and oxygen atoms in total. The fourth-order valence-electron chi connectivity index (χ4n) is 1.87. The molecule has 1 aromatic rings. The van der Waals surface area contributed by atoms with Gasteiger partial charge in [-0.05, 0) is 42.5 Å². The van der Waals surface area contributed by atoms with Crippen LogP contribution in [0.1, 0.15) is 32.3 Å². The molecule has 0 heterocycles. The van der Waals surface area contributed by atoms with Gasteiger partial charge in [0.2, 0.25) is 10.0 Å². The molecule has 0 aliphatic heterocycles. The molecule has 2 N–H and O–H groups in total. The lowest BCUT2D eigenvalue weighted by atomic mass is 10.2. The number of hydrogen-bond acceptors (Lipinski definition) is 3. The van der Waals surface area contributed by atoms with Gasteiger partial charge >= 0.3 is 0 Å². The third kappa shape index (κ3) is 3.95. The second-order valence-corrected chi connectivity index (χ2v) is 7.82. The Morgan fingerprint density at radius 3 is 2.65 bits per heavy atom. The van der Waals surface area contributed by atoms with Crippen LogP contribution in [0.5, 0.6) is 0 Å². The highest BCUT2D eigenvalue weighted by Crippen LogP contribution is 2.44. The van der Waals surface area contributed by atoms with Crippen LogP contribution in [0, 0.1) is 5.41 Å². The van der Waals surface area contributed by atoms with E-state index in [1.54, 1.807) is 12.1 Å². The lowest BCUT2D eigenvalue weighted by Gasteiger charge is -2.13. The molecule has 0 bridgehead atoms. The Hall–Kier alpha value is -0.620. The summed E-state index contributed by atoms with van der Waals surface area (Å²) in [5.74, 6) is 0. The van der Waals surface area contributed by atoms with Crippen molar-refractivity contribution in [2.45, 2.75) is 38.1 Å². The average molecular weight is 317 g/mol. The van der Waals surface area contributed by atoms with Crippen LogP contribution >= 0.6 is 11.6 Å². The summed E-state index contributed by atoms with van der Waals surface area (Å²) in [6.07, 6.45) is 2.15. The molecule has 1 aliphatic carbocycles. The van der Waals surface area contributed by atoms with Crippen molar-refractivity contribution in [1.82, 2.24) is 10.0 Å². The van der Waals surface area contributed by atoms with E-state index in [-0.39, 0.29) is 15.3 Å². The van der Waals surface area contributed by atoms with Crippen molar-refractivity contribution in [2.75, 3.05) is 13.1 Å². The maximum absolute atomic E-state index is 12.3. The largest absolute Gasteiger partial charge is 0.313 e. The monoisotopic (exact) mass is 316 g/mol. The van der Waals surface area contributed by atoms with E-state index < -0.39 is 10.0 Å². The Kier molecular flexibility index (Phi) is 4.74. The molecular weight excluding hydrogens is 296 g/mol. The van der Waals surface area contributed by atoms with Crippen molar-refractivity contribution in [3.05, 3.63) is 28.8 Å². The zero-order chi connectivity index (χ0) is 14.8. The second-order valence-electron chi connectivity index (χ2n) is 5.68. The van der Waals surface area contributed by atoms with Gasteiger partial charge in [-0.15, -0.1) is 0 Å². The molecule has 0 amide bonds. The van der Waals surface area contributed by atoms with Crippen LogP contribution in [0.15, 0.2) is 23.1 Å². The van der Waals surface area contributed by atoms with Gasteiger partial charge in [-0.25, -0.2) is 13.1 Å². The first-order valence-electron chi connectivity index (χ1n) is 6.85. The fourth-order valence-corrected chi connectivity index (χ4v) is 3.62. The molecule has 1 saturated carbocycles. The molecule has 2 rings (SSSR count). The molecule has 0 atom stereocenters. The van der Waals surface area contributed by atoms with Crippen LogP contribution in [-0.2, 0) is 16.6 Å². The first-order valence-corrected chi connectivity index (χ1v) is 8.71. The zero-order valence-electron chi connectivity index (χ0n) is 11.9. The molecule has 6 heteroatoms. The van der Waals surface area contributed by atoms with E-state index in [4.69, 9.17) is 11.6 Å². The van der Waals surface area contributed by atoms with Gasteiger partial charge < -0.3 is 5.32 Å². The highest BCUT2D eigenvalue weighted by molar-refractivity contribution is 7.89. The molecule has 0 unspecified atom stereocenters. The van der Waals surface area contributed by atoms with Crippen LogP contribution in [0.3, 0.4) is 0 Å². The maximum atomic E-state index is 12.3. The van der Waals surface area contributed by atoms with Crippen molar-refractivity contribution < 1.29 is 8.42 Å². The summed E-state index contributed by atoms with van der Waals surface area (Å²) in [6, 6.07) is 5.12. The van der Waals surface area contributed by atoms with E-state index in [2.05, 4.69) is 17.0 Å². The molecule has 112 valence electrons. The summed E-state index contributed by atoms with van der Waals surface area (Å²) >= 11 is 6.04. The zero-order valence-corrected chi connectivity index (χ0v) is 13.4. The Morgan fingerprint density at radius 1 is 1.35 bits per heavy atom. The SMILES string of the molecule is CCNCc1ccc(Cl)c(S(=O)(=O)NCC2(C)CC2)c1. The molecule has 0 radical (unpaired) electrons. The van der Waals surface area contributed by atoms with Gasteiger partial charge in [-0.3, -0.25) is 0 Å². The lowest BCUT2D eigenvalue weighted by Crippen LogP contribution is -2.29. The minimum atomic E-state index is -3.54. The topological polar surface area (TPSA) is 58.2 Å². The third-order valence-corrected chi connectivity index (χ3v) is 5.54. The Morgan fingerprint density at radius 2 is 2.05 bits per heavy atom. The summed E-state index contributed by atoms with van der Waals surface area (Å²) in [5, 5.41) is 3.43. The first-order chi connectivity index (χ1) is 9.36. The highest BCUT2D eigenvalue weighted by atomic mass is 35.5. The van der Waals surface area contributed by atoms with E-state index in [0.717, 1.165) is 24.9 Å². The van der Waals surface area contributed by atoms with Crippen LogP contribution in [0.4, 0.5) is 0 Å². The first kappa shape index (κ1) is 15.8. The molecule has 20 heavy (non-hydrogen) atoms. The van der Waals surface area contributed by atoms with Crippen molar-refractivity contribution in [3.63, 3.8) is 0 Å². The highest BCUT2D eigenvalue weighted by Gasteiger charge is 2.38. The number of hydrogen-bond donors (Lipinski definition) is 2.